The van der Waals surface area contributed by atoms with Crippen LogP contribution >= 0.6 is 0 Å². The van der Waals surface area contributed by atoms with Crippen LogP contribution in [0.4, 0.5) is 22.0 Å². The van der Waals surface area contributed by atoms with Crippen LogP contribution in [0.25, 0.3) is 11.0 Å². The van der Waals surface area contributed by atoms with Crippen LogP contribution in [0.3, 0.4) is 0 Å². The van der Waals surface area contributed by atoms with Gasteiger partial charge in [-0.25, -0.2) is 4.39 Å². The lowest BCUT2D eigenvalue weighted by molar-refractivity contribution is -0.144. The van der Waals surface area contributed by atoms with Gasteiger partial charge < -0.3 is 20.2 Å². The van der Waals surface area contributed by atoms with Gasteiger partial charge in [0, 0.05) is 16.6 Å². The largest absolute Gasteiger partial charge is 0.464 e. The number of nitrogens with one attached hydrogen (secondary N) is 1. The molecule has 3 N–H and O–H groups in total. The molecule has 152 valence electrons. The molecule has 0 amide bonds. The van der Waals surface area contributed by atoms with Crippen molar-refractivity contribution in [1.82, 2.24) is 15.0 Å². The van der Waals surface area contributed by atoms with Gasteiger partial charge in [-0.2, -0.15) is 15.0 Å². The Kier molecular flexibility index (Phi) is 5.25. The molecule has 0 fully saturated rings. The summed E-state index contributed by atoms with van der Waals surface area (Å²) < 4.78 is 23.8. The quantitative estimate of drug-likeness (QED) is 0.465. The first kappa shape index (κ1) is 19.3. The SMILES string of the molecule is Cc1ccc2c(CC(=O)OCc3nc(N)nc(Nc4ccc(F)cc4)n3)coc2c1. The molecular weight excluding hydrogens is 389 g/mol. The maximum absolute atomic E-state index is 13.0. The molecule has 0 radical (unpaired) electrons. The van der Waals surface area contributed by atoms with E-state index in [9.17, 15) is 9.18 Å². The second-order valence-electron chi connectivity index (χ2n) is 6.66. The topological polar surface area (TPSA) is 116 Å². The number of anilines is 3. The fraction of sp³-hybridized carbons (Fsp3) is 0.143. The van der Waals surface area contributed by atoms with E-state index in [-0.39, 0.29) is 36.6 Å². The van der Waals surface area contributed by atoms with Crippen molar-refractivity contribution in [3.05, 3.63) is 71.5 Å². The van der Waals surface area contributed by atoms with Gasteiger partial charge in [-0.05, 0) is 42.8 Å². The highest BCUT2D eigenvalue weighted by Gasteiger charge is 2.13. The predicted molar refractivity (Wildman–Crippen MR) is 108 cm³/mol. The summed E-state index contributed by atoms with van der Waals surface area (Å²) >= 11 is 0. The third kappa shape index (κ3) is 4.52. The number of hydrogen-bond donors (Lipinski definition) is 2. The number of nitrogens with two attached hydrogens (primary N) is 1. The summed E-state index contributed by atoms with van der Waals surface area (Å²) in [7, 11) is 0. The van der Waals surface area contributed by atoms with Crippen molar-refractivity contribution >= 4 is 34.5 Å². The van der Waals surface area contributed by atoms with Crippen molar-refractivity contribution in [2.24, 2.45) is 0 Å². The van der Waals surface area contributed by atoms with Crippen molar-refractivity contribution in [1.29, 1.82) is 0 Å². The molecule has 0 saturated carbocycles. The number of benzene rings is 2. The number of carbonyl (C=O) groups excluding carboxylic acids is 1. The van der Waals surface area contributed by atoms with Crippen molar-refractivity contribution in [2.75, 3.05) is 11.1 Å². The smallest absolute Gasteiger partial charge is 0.310 e. The molecule has 30 heavy (non-hydrogen) atoms. The predicted octanol–water partition coefficient (Wildman–Crippen LogP) is 3.68. The number of esters is 1. The Hall–Kier alpha value is -4.01. The number of fused-ring (bicyclic) bond motifs is 1. The molecule has 0 saturated heterocycles. The monoisotopic (exact) mass is 407 g/mol. The highest BCUT2D eigenvalue weighted by atomic mass is 19.1. The third-order valence-electron chi connectivity index (χ3n) is 4.31. The molecule has 0 atom stereocenters. The number of nitrogens with zero attached hydrogens (tertiary/aromatic N) is 3. The Balaban J connectivity index is 1.40. The van der Waals surface area contributed by atoms with Gasteiger partial charge in [0.25, 0.3) is 0 Å². The molecule has 4 rings (SSSR count). The zero-order valence-electron chi connectivity index (χ0n) is 16.1. The number of furan rings is 1. The molecule has 4 aromatic rings. The van der Waals surface area contributed by atoms with Crippen LogP contribution < -0.4 is 11.1 Å². The zero-order chi connectivity index (χ0) is 21.1. The summed E-state index contributed by atoms with van der Waals surface area (Å²) in [6, 6.07) is 11.4. The molecule has 0 aliphatic carbocycles. The molecule has 0 aliphatic heterocycles. The number of aromatic nitrogens is 3. The number of nitrogen functional groups attached to an aromatic ring is 1. The number of aryl methyl sites for hydroxylation is 1. The van der Waals surface area contributed by atoms with Gasteiger partial charge in [-0.3, -0.25) is 4.79 Å². The van der Waals surface area contributed by atoms with Gasteiger partial charge in [-0.15, -0.1) is 0 Å². The van der Waals surface area contributed by atoms with E-state index in [0.29, 0.717) is 5.69 Å². The minimum Gasteiger partial charge on any atom is -0.464 e. The lowest BCUT2D eigenvalue weighted by atomic mass is 10.1. The first-order chi connectivity index (χ1) is 14.5. The van der Waals surface area contributed by atoms with E-state index in [1.165, 1.54) is 24.3 Å². The zero-order valence-corrected chi connectivity index (χ0v) is 16.1. The summed E-state index contributed by atoms with van der Waals surface area (Å²) in [4.78, 5) is 24.4. The summed E-state index contributed by atoms with van der Waals surface area (Å²) in [6.45, 7) is 1.80. The van der Waals surface area contributed by atoms with Crippen LogP contribution in [0.15, 0.2) is 53.1 Å². The van der Waals surface area contributed by atoms with Crippen LogP contribution in [0, 0.1) is 12.7 Å². The number of halogens is 1. The van der Waals surface area contributed by atoms with E-state index in [1.807, 2.05) is 25.1 Å². The van der Waals surface area contributed by atoms with Gasteiger partial charge in [0.1, 0.15) is 11.4 Å². The van der Waals surface area contributed by atoms with E-state index in [0.717, 1.165) is 22.1 Å². The molecule has 2 aromatic carbocycles. The first-order valence-electron chi connectivity index (χ1n) is 9.11. The van der Waals surface area contributed by atoms with Crippen molar-refractivity contribution in [2.45, 2.75) is 20.0 Å². The number of hydrogen-bond acceptors (Lipinski definition) is 8. The Morgan fingerprint density at radius 1 is 1.17 bits per heavy atom. The summed E-state index contributed by atoms with van der Waals surface area (Å²) in [5, 5.41) is 3.77. The Labute approximate surface area is 170 Å². The van der Waals surface area contributed by atoms with Gasteiger partial charge in [-0.1, -0.05) is 12.1 Å². The minimum atomic E-state index is -0.453. The third-order valence-corrected chi connectivity index (χ3v) is 4.31. The average Bonchev–Trinajstić information content (AvgIpc) is 3.09. The molecule has 0 unspecified atom stereocenters. The lowest BCUT2D eigenvalue weighted by Gasteiger charge is -2.08. The van der Waals surface area contributed by atoms with E-state index in [4.69, 9.17) is 14.9 Å². The minimum absolute atomic E-state index is 0.0307. The Bertz CT molecular complexity index is 1210. The van der Waals surface area contributed by atoms with Gasteiger partial charge in [0.05, 0.1) is 12.7 Å². The molecule has 9 heteroatoms. The Morgan fingerprint density at radius 3 is 2.77 bits per heavy atom. The summed E-state index contributed by atoms with van der Waals surface area (Å²) in [6.07, 6.45) is 1.61. The molecule has 2 aromatic heterocycles. The fourth-order valence-electron chi connectivity index (χ4n) is 2.90. The normalized spacial score (nSPS) is 10.9. The van der Waals surface area contributed by atoms with E-state index >= 15 is 0 Å². The van der Waals surface area contributed by atoms with E-state index in [1.54, 1.807) is 6.26 Å². The molecule has 0 spiro atoms. The van der Waals surface area contributed by atoms with Crippen molar-refractivity contribution < 1.29 is 18.3 Å². The van der Waals surface area contributed by atoms with Crippen LogP contribution in [-0.4, -0.2) is 20.9 Å². The molecular formula is C21H18FN5O3. The van der Waals surface area contributed by atoms with Crippen LogP contribution in [-0.2, 0) is 22.6 Å². The Morgan fingerprint density at radius 2 is 1.97 bits per heavy atom. The number of ether oxygens (including phenoxy) is 1. The van der Waals surface area contributed by atoms with E-state index in [2.05, 4.69) is 20.3 Å². The highest BCUT2D eigenvalue weighted by molar-refractivity contribution is 5.86. The van der Waals surface area contributed by atoms with E-state index < -0.39 is 5.97 Å². The average molecular weight is 407 g/mol. The van der Waals surface area contributed by atoms with Crippen LogP contribution in [0.2, 0.25) is 0 Å². The molecule has 0 bridgehead atoms. The fourth-order valence-corrected chi connectivity index (χ4v) is 2.90. The van der Waals surface area contributed by atoms with Gasteiger partial charge >= 0.3 is 5.97 Å². The maximum Gasteiger partial charge on any atom is 0.310 e. The summed E-state index contributed by atoms with van der Waals surface area (Å²) in [5.74, 6) is -0.490. The van der Waals surface area contributed by atoms with Crippen molar-refractivity contribution in [3.8, 4) is 0 Å². The van der Waals surface area contributed by atoms with Gasteiger partial charge in [0.15, 0.2) is 12.4 Å². The lowest BCUT2D eigenvalue weighted by Crippen LogP contribution is -2.12. The second-order valence-corrected chi connectivity index (χ2v) is 6.66. The molecule has 0 aliphatic rings. The highest BCUT2D eigenvalue weighted by Crippen LogP contribution is 2.23. The summed E-state index contributed by atoms with van der Waals surface area (Å²) in [5.41, 5.74) is 8.82. The number of carbonyl (C=O) groups is 1. The second kappa shape index (κ2) is 8.16. The van der Waals surface area contributed by atoms with Crippen molar-refractivity contribution in [3.63, 3.8) is 0 Å². The molecule has 8 nitrogen and oxygen atoms in total. The first-order valence-corrected chi connectivity index (χ1v) is 9.11. The van der Waals surface area contributed by atoms with Crippen LogP contribution in [0.5, 0.6) is 0 Å². The molecule has 2 heterocycles. The standard InChI is InChI=1S/C21H18FN5O3/c1-12-2-7-16-13(10-29-17(16)8-12)9-19(28)30-11-18-25-20(23)27-21(26-18)24-15-5-3-14(22)4-6-15/h2-8,10H,9,11H2,1H3,(H3,23,24,25,26,27). The maximum atomic E-state index is 13.0. The van der Waals surface area contributed by atoms with Gasteiger partial charge in [0.2, 0.25) is 11.9 Å². The van der Waals surface area contributed by atoms with Crippen LogP contribution in [0.1, 0.15) is 17.0 Å². The number of rotatable bonds is 6.